The summed E-state index contributed by atoms with van der Waals surface area (Å²) in [7, 11) is 0. The van der Waals surface area contributed by atoms with Crippen molar-refractivity contribution in [2.45, 2.75) is 52.4 Å². The van der Waals surface area contributed by atoms with Crippen LogP contribution in [0.25, 0.3) is 0 Å². The van der Waals surface area contributed by atoms with Crippen LogP contribution < -0.4 is 15.5 Å². The Labute approximate surface area is 151 Å². The van der Waals surface area contributed by atoms with Gasteiger partial charge in [0.2, 0.25) is 5.91 Å². The van der Waals surface area contributed by atoms with Gasteiger partial charge in [-0.15, -0.1) is 0 Å². The molecule has 132 valence electrons. The van der Waals surface area contributed by atoms with Gasteiger partial charge >= 0.3 is 0 Å². The SMILES string of the molecule is CCCC[C@H](CC)CNC(=S)Nc1ccc(N2CCCC2=O)cc1. The number of carbonyl (C=O) groups excluding carboxylic acids is 1. The highest BCUT2D eigenvalue weighted by Crippen LogP contribution is 2.23. The number of benzene rings is 1. The monoisotopic (exact) mass is 347 g/mol. The van der Waals surface area contributed by atoms with Crippen molar-refractivity contribution >= 4 is 34.6 Å². The van der Waals surface area contributed by atoms with Crippen LogP contribution in [0.3, 0.4) is 0 Å². The smallest absolute Gasteiger partial charge is 0.227 e. The molecule has 0 aliphatic carbocycles. The number of nitrogens with one attached hydrogen (secondary N) is 2. The second kappa shape index (κ2) is 9.62. The maximum atomic E-state index is 11.8. The van der Waals surface area contributed by atoms with Crippen molar-refractivity contribution in [3.8, 4) is 0 Å². The van der Waals surface area contributed by atoms with Gasteiger partial charge in [-0.25, -0.2) is 0 Å². The fraction of sp³-hybridized carbons (Fsp3) is 0.579. The van der Waals surface area contributed by atoms with Crippen LogP contribution in [0.1, 0.15) is 52.4 Å². The van der Waals surface area contributed by atoms with Crippen molar-refractivity contribution in [3.63, 3.8) is 0 Å². The van der Waals surface area contributed by atoms with E-state index in [1.807, 2.05) is 29.2 Å². The highest BCUT2D eigenvalue weighted by atomic mass is 32.1. The lowest BCUT2D eigenvalue weighted by Crippen LogP contribution is -2.32. The van der Waals surface area contributed by atoms with Gasteiger partial charge in [0.25, 0.3) is 0 Å². The van der Waals surface area contributed by atoms with Gasteiger partial charge in [0.1, 0.15) is 0 Å². The van der Waals surface area contributed by atoms with E-state index in [4.69, 9.17) is 12.2 Å². The topological polar surface area (TPSA) is 44.4 Å². The summed E-state index contributed by atoms with van der Waals surface area (Å²) >= 11 is 5.39. The number of thiocarbonyl (C=S) groups is 1. The average Bonchev–Trinajstić information content (AvgIpc) is 3.02. The molecule has 0 unspecified atom stereocenters. The zero-order valence-electron chi connectivity index (χ0n) is 14.8. The number of amides is 1. The van der Waals surface area contributed by atoms with Crippen LogP contribution in [-0.2, 0) is 4.79 Å². The highest BCUT2D eigenvalue weighted by molar-refractivity contribution is 7.80. The van der Waals surface area contributed by atoms with Gasteiger partial charge in [0.15, 0.2) is 5.11 Å². The maximum absolute atomic E-state index is 11.8. The van der Waals surface area contributed by atoms with Gasteiger partial charge in [-0.1, -0.05) is 33.1 Å². The van der Waals surface area contributed by atoms with Gasteiger partial charge in [-0.2, -0.15) is 0 Å². The van der Waals surface area contributed by atoms with Crippen molar-refractivity contribution in [2.24, 2.45) is 5.92 Å². The van der Waals surface area contributed by atoms with Gasteiger partial charge < -0.3 is 15.5 Å². The normalized spacial score (nSPS) is 15.4. The minimum Gasteiger partial charge on any atom is -0.362 e. The van der Waals surface area contributed by atoms with Crippen LogP contribution in [0, 0.1) is 5.92 Å². The predicted octanol–water partition coefficient (Wildman–Crippen LogP) is 4.32. The number of nitrogens with zero attached hydrogens (tertiary/aromatic N) is 1. The average molecular weight is 348 g/mol. The summed E-state index contributed by atoms with van der Waals surface area (Å²) in [6.07, 6.45) is 6.55. The number of anilines is 2. The Morgan fingerprint density at radius 2 is 2.04 bits per heavy atom. The van der Waals surface area contributed by atoms with E-state index < -0.39 is 0 Å². The predicted molar refractivity (Wildman–Crippen MR) is 106 cm³/mol. The van der Waals surface area contributed by atoms with E-state index >= 15 is 0 Å². The Morgan fingerprint density at radius 1 is 1.29 bits per heavy atom. The molecular weight excluding hydrogens is 318 g/mol. The summed E-state index contributed by atoms with van der Waals surface area (Å²) in [6, 6.07) is 7.90. The molecule has 0 radical (unpaired) electrons. The minimum absolute atomic E-state index is 0.214. The summed E-state index contributed by atoms with van der Waals surface area (Å²) in [6.45, 7) is 6.20. The number of carbonyl (C=O) groups is 1. The van der Waals surface area contributed by atoms with E-state index in [1.54, 1.807) is 0 Å². The Balaban J connectivity index is 1.80. The Morgan fingerprint density at radius 3 is 2.62 bits per heavy atom. The molecule has 1 aromatic carbocycles. The third-order valence-electron chi connectivity index (χ3n) is 4.60. The summed E-state index contributed by atoms with van der Waals surface area (Å²) in [5.41, 5.74) is 1.91. The molecule has 24 heavy (non-hydrogen) atoms. The summed E-state index contributed by atoms with van der Waals surface area (Å²) in [5, 5.41) is 7.21. The first-order valence-corrected chi connectivity index (χ1v) is 9.50. The van der Waals surface area contributed by atoms with Gasteiger partial charge in [0.05, 0.1) is 0 Å². The molecule has 1 aliphatic heterocycles. The fourth-order valence-electron chi connectivity index (χ4n) is 3.00. The van der Waals surface area contributed by atoms with Gasteiger partial charge in [-0.3, -0.25) is 4.79 Å². The van der Waals surface area contributed by atoms with Crippen molar-refractivity contribution in [1.82, 2.24) is 5.32 Å². The molecule has 1 saturated heterocycles. The van der Waals surface area contributed by atoms with Crippen LogP contribution >= 0.6 is 12.2 Å². The minimum atomic E-state index is 0.214. The maximum Gasteiger partial charge on any atom is 0.227 e. The molecule has 2 rings (SSSR count). The lowest BCUT2D eigenvalue weighted by molar-refractivity contribution is -0.117. The summed E-state index contributed by atoms with van der Waals surface area (Å²) in [5.74, 6) is 0.888. The third-order valence-corrected chi connectivity index (χ3v) is 4.85. The number of unbranched alkanes of at least 4 members (excludes halogenated alkanes) is 1. The van der Waals surface area contributed by atoms with Crippen molar-refractivity contribution < 1.29 is 4.79 Å². The first-order chi connectivity index (χ1) is 11.6. The Bertz CT molecular complexity index is 544. The number of hydrogen-bond donors (Lipinski definition) is 2. The number of rotatable bonds is 8. The fourth-order valence-corrected chi connectivity index (χ4v) is 3.20. The first kappa shape index (κ1) is 18.7. The largest absolute Gasteiger partial charge is 0.362 e. The molecule has 5 heteroatoms. The molecule has 1 fully saturated rings. The van der Waals surface area contributed by atoms with Gasteiger partial charge in [0, 0.05) is 30.9 Å². The van der Waals surface area contributed by atoms with E-state index in [1.165, 1.54) is 25.7 Å². The molecule has 1 aromatic rings. The van der Waals surface area contributed by atoms with E-state index in [2.05, 4.69) is 24.5 Å². The van der Waals surface area contributed by atoms with Crippen LogP contribution in [0.4, 0.5) is 11.4 Å². The third kappa shape index (κ3) is 5.48. The quantitative estimate of drug-likeness (QED) is 0.688. The second-order valence-electron chi connectivity index (χ2n) is 6.45. The van der Waals surface area contributed by atoms with E-state index in [0.717, 1.165) is 30.9 Å². The second-order valence-corrected chi connectivity index (χ2v) is 6.86. The van der Waals surface area contributed by atoms with Crippen molar-refractivity contribution in [1.29, 1.82) is 0 Å². The molecule has 0 spiro atoms. The summed E-state index contributed by atoms with van der Waals surface area (Å²) < 4.78 is 0. The lowest BCUT2D eigenvalue weighted by Gasteiger charge is -2.18. The molecule has 1 aliphatic rings. The Kier molecular flexibility index (Phi) is 7.50. The van der Waals surface area contributed by atoms with E-state index in [9.17, 15) is 4.79 Å². The zero-order chi connectivity index (χ0) is 17.4. The standard InChI is InChI=1S/C19H29N3OS/c1-3-5-7-15(4-2)14-20-19(24)21-16-9-11-17(12-10-16)22-13-6-8-18(22)23/h9-12,15H,3-8,13-14H2,1-2H3,(H2,20,21,24)/t15-/m0/s1. The van der Waals surface area contributed by atoms with Gasteiger partial charge in [-0.05, 0) is 55.2 Å². The Hall–Kier alpha value is -1.62. The molecule has 1 atom stereocenters. The lowest BCUT2D eigenvalue weighted by atomic mass is 9.99. The zero-order valence-corrected chi connectivity index (χ0v) is 15.6. The van der Waals surface area contributed by atoms with Crippen molar-refractivity contribution in [3.05, 3.63) is 24.3 Å². The summed E-state index contributed by atoms with van der Waals surface area (Å²) in [4.78, 5) is 13.6. The van der Waals surface area contributed by atoms with E-state index in [-0.39, 0.29) is 5.91 Å². The molecule has 1 amide bonds. The van der Waals surface area contributed by atoms with Crippen LogP contribution in [0.15, 0.2) is 24.3 Å². The van der Waals surface area contributed by atoms with Crippen LogP contribution in [0.5, 0.6) is 0 Å². The molecule has 1 heterocycles. The van der Waals surface area contributed by atoms with E-state index in [0.29, 0.717) is 17.5 Å². The van der Waals surface area contributed by atoms with Crippen LogP contribution in [-0.4, -0.2) is 24.1 Å². The molecule has 2 N–H and O–H groups in total. The van der Waals surface area contributed by atoms with Crippen molar-refractivity contribution in [2.75, 3.05) is 23.3 Å². The van der Waals surface area contributed by atoms with Crippen LogP contribution in [0.2, 0.25) is 0 Å². The molecule has 0 saturated carbocycles. The number of hydrogen-bond acceptors (Lipinski definition) is 2. The molecular formula is C19H29N3OS. The molecule has 4 nitrogen and oxygen atoms in total. The molecule has 0 aromatic heterocycles. The molecule has 0 bridgehead atoms. The highest BCUT2D eigenvalue weighted by Gasteiger charge is 2.21. The first-order valence-electron chi connectivity index (χ1n) is 9.09.